The highest BCUT2D eigenvalue weighted by Crippen LogP contribution is 2.36. The predicted molar refractivity (Wildman–Crippen MR) is 280 cm³/mol. The van der Waals surface area contributed by atoms with Gasteiger partial charge in [0, 0.05) is 0 Å². The monoisotopic (exact) mass is 1040 g/mol. The minimum Gasteiger partial charge on any atom is -0.453 e. The molecule has 66 heavy (non-hydrogen) atoms. The van der Waals surface area contributed by atoms with E-state index in [-0.39, 0.29) is 34.5 Å². The smallest absolute Gasteiger partial charge is 0.316 e. The van der Waals surface area contributed by atoms with Crippen molar-refractivity contribution in [1.82, 2.24) is 0 Å². The average Bonchev–Trinajstić information content (AvgIpc) is 3.29. The molecule has 0 atom stereocenters. The van der Waals surface area contributed by atoms with E-state index >= 15 is 0 Å². The Kier molecular flexibility index (Phi) is 40.8. The Morgan fingerprint density at radius 2 is 0.394 bits per heavy atom. The zero-order chi connectivity index (χ0) is 48.6. The highest BCUT2D eigenvalue weighted by molar-refractivity contribution is 8.01. The van der Waals surface area contributed by atoms with Crippen LogP contribution in [-0.2, 0) is 57.2 Å². The van der Waals surface area contributed by atoms with Crippen molar-refractivity contribution in [2.45, 2.75) is 194 Å². The van der Waals surface area contributed by atoms with E-state index in [1.807, 2.05) is 0 Å². The lowest BCUT2D eigenvalue weighted by atomic mass is 9.83. The molecule has 0 unspecified atom stereocenters. The van der Waals surface area contributed by atoms with Crippen LogP contribution in [0.25, 0.3) is 0 Å². The van der Waals surface area contributed by atoms with Gasteiger partial charge in [-0.25, -0.2) is 0 Å². The summed E-state index contributed by atoms with van der Waals surface area (Å²) in [7, 11) is 0. The van der Waals surface area contributed by atoms with Crippen molar-refractivity contribution >= 4 is 106 Å². The van der Waals surface area contributed by atoms with Crippen LogP contribution in [-0.4, -0.2) is 141 Å². The molecule has 0 bridgehead atoms. The fraction of sp³-hybridized carbons (Fsp3) is 0.875. The Hall–Kier alpha value is -1.08. The number of unbranched alkanes of at least 4 members (excludes halogenated alkanes) is 12. The van der Waals surface area contributed by atoms with Crippen LogP contribution in [0.5, 0.6) is 0 Å². The number of hydrogen-bond donors (Lipinski definition) is 0. The second-order valence-corrected chi connectivity index (χ2v) is 22.9. The number of rotatable bonds is 42. The van der Waals surface area contributed by atoms with Crippen LogP contribution >= 0.6 is 70.6 Å². The van der Waals surface area contributed by atoms with Gasteiger partial charge in [-0.15, -0.1) is 0 Å². The zero-order valence-corrected chi connectivity index (χ0v) is 45.9. The zero-order valence-electron chi connectivity index (χ0n) is 41.0. The molecule has 384 valence electrons. The SMILES string of the molecule is CCCCCSCC(=O)OC1C(OC(=O)CSCCCCC)C(OC(=O)CSCCCCC)C(OC(=O)CSCCCCC)C(OC(=O)CSCCCCC)C1OC(=O)CSCCCCC. The van der Waals surface area contributed by atoms with Crippen LogP contribution in [0, 0.1) is 0 Å². The molecule has 1 rings (SSSR count). The Morgan fingerprint density at radius 1 is 0.258 bits per heavy atom. The van der Waals surface area contributed by atoms with Crippen LogP contribution in [0.15, 0.2) is 0 Å². The van der Waals surface area contributed by atoms with Crippen LogP contribution in [0.1, 0.15) is 157 Å². The van der Waals surface area contributed by atoms with E-state index in [1.165, 1.54) is 70.6 Å². The van der Waals surface area contributed by atoms with Crippen molar-refractivity contribution in [3.05, 3.63) is 0 Å². The topological polar surface area (TPSA) is 158 Å². The van der Waals surface area contributed by atoms with Gasteiger partial charge in [0.25, 0.3) is 0 Å². The van der Waals surface area contributed by atoms with Gasteiger partial charge in [-0.2, -0.15) is 70.6 Å². The van der Waals surface area contributed by atoms with Gasteiger partial charge in [-0.3, -0.25) is 28.8 Å². The second-order valence-electron chi connectivity index (χ2n) is 16.3. The summed E-state index contributed by atoms with van der Waals surface area (Å²) < 4.78 is 37.2. The first-order valence-corrected chi connectivity index (χ1v) is 31.6. The lowest BCUT2D eigenvalue weighted by Gasteiger charge is -2.47. The third-order valence-electron chi connectivity index (χ3n) is 10.2. The second kappa shape index (κ2) is 42.8. The molecular formula is C48H84O12S6. The third kappa shape index (κ3) is 30.5. The fourth-order valence-electron chi connectivity index (χ4n) is 6.70. The Balaban J connectivity index is 3.97. The maximum absolute atomic E-state index is 13.9. The van der Waals surface area contributed by atoms with E-state index in [1.54, 1.807) is 0 Å². The number of ether oxygens (including phenoxy) is 6. The van der Waals surface area contributed by atoms with Crippen LogP contribution in [0.3, 0.4) is 0 Å². The summed E-state index contributed by atoms with van der Waals surface area (Å²) in [5.41, 5.74) is 0. The summed E-state index contributed by atoms with van der Waals surface area (Å²) in [4.78, 5) is 83.2. The Morgan fingerprint density at radius 3 is 0.515 bits per heavy atom. The molecular weight excluding hydrogens is 961 g/mol. The van der Waals surface area contributed by atoms with Gasteiger partial charge in [0.2, 0.25) is 0 Å². The highest BCUT2D eigenvalue weighted by atomic mass is 32.2. The van der Waals surface area contributed by atoms with Crippen LogP contribution in [0.2, 0.25) is 0 Å². The molecule has 0 aromatic heterocycles. The first-order valence-electron chi connectivity index (χ1n) is 24.7. The van der Waals surface area contributed by atoms with E-state index in [0.717, 1.165) is 116 Å². The minimum absolute atomic E-state index is 0.0620. The summed E-state index contributed by atoms with van der Waals surface area (Å²) in [6, 6.07) is 0. The fourth-order valence-corrected chi connectivity index (χ4v) is 11.4. The van der Waals surface area contributed by atoms with Crippen molar-refractivity contribution in [1.29, 1.82) is 0 Å². The first kappa shape index (κ1) is 62.9. The summed E-state index contributed by atoms with van der Waals surface area (Å²) in [6.07, 6.45) is 7.89. The molecule has 0 N–H and O–H groups in total. The number of esters is 6. The largest absolute Gasteiger partial charge is 0.453 e. The quantitative estimate of drug-likeness (QED) is 0.0323. The van der Waals surface area contributed by atoms with Gasteiger partial charge in [0.1, 0.15) is 0 Å². The van der Waals surface area contributed by atoms with Crippen molar-refractivity contribution in [2.24, 2.45) is 0 Å². The van der Waals surface area contributed by atoms with Gasteiger partial charge in [-0.1, -0.05) is 119 Å². The first-order chi connectivity index (χ1) is 32.1. The van der Waals surface area contributed by atoms with Crippen LogP contribution < -0.4 is 0 Å². The molecule has 12 nitrogen and oxygen atoms in total. The van der Waals surface area contributed by atoms with Crippen molar-refractivity contribution in [3.63, 3.8) is 0 Å². The van der Waals surface area contributed by atoms with Crippen molar-refractivity contribution < 1.29 is 57.2 Å². The Bertz CT molecular complexity index is 1050. The molecule has 0 amide bonds. The van der Waals surface area contributed by atoms with E-state index < -0.39 is 72.4 Å². The van der Waals surface area contributed by atoms with Gasteiger partial charge >= 0.3 is 35.8 Å². The predicted octanol–water partition coefficient (Wildman–Crippen LogP) is 11.0. The molecule has 0 spiro atoms. The van der Waals surface area contributed by atoms with Gasteiger partial charge < -0.3 is 28.4 Å². The van der Waals surface area contributed by atoms with Crippen molar-refractivity contribution in [3.8, 4) is 0 Å². The van der Waals surface area contributed by atoms with Gasteiger partial charge in [0.05, 0.1) is 34.5 Å². The molecule has 0 aliphatic heterocycles. The van der Waals surface area contributed by atoms with Gasteiger partial charge in [-0.05, 0) is 73.0 Å². The normalized spacial score (nSPS) is 19.2. The molecule has 0 radical (unpaired) electrons. The lowest BCUT2D eigenvalue weighted by Crippen LogP contribution is -2.69. The molecule has 0 heterocycles. The van der Waals surface area contributed by atoms with E-state index in [2.05, 4.69) is 41.5 Å². The molecule has 1 fully saturated rings. The number of carbonyl (C=O) groups is 6. The lowest BCUT2D eigenvalue weighted by molar-refractivity contribution is -0.258. The molecule has 0 aromatic rings. The number of thioether (sulfide) groups is 6. The Labute approximate surface area is 423 Å². The number of hydrogen-bond acceptors (Lipinski definition) is 18. The van der Waals surface area contributed by atoms with Crippen molar-refractivity contribution in [2.75, 3.05) is 69.0 Å². The summed E-state index contributed by atoms with van der Waals surface area (Å²) >= 11 is 8.30. The molecule has 1 aliphatic rings. The summed E-state index contributed by atoms with van der Waals surface area (Å²) in [5.74, 6) is -0.239. The maximum Gasteiger partial charge on any atom is 0.316 e. The third-order valence-corrected chi connectivity index (χ3v) is 16.3. The maximum atomic E-state index is 13.9. The molecule has 0 saturated heterocycles. The van der Waals surface area contributed by atoms with E-state index in [9.17, 15) is 28.8 Å². The molecule has 1 aliphatic carbocycles. The van der Waals surface area contributed by atoms with E-state index in [4.69, 9.17) is 28.4 Å². The number of carbonyl (C=O) groups excluding carboxylic acids is 6. The highest BCUT2D eigenvalue weighted by Gasteiger charge is 2.61. The van der Waals surface area contributed by atoms with Gasteiger partial charge in [0.15, 0.2) is 36.6 Å². The summed E-state index contributed by atoms with van der Waals surface area (Å²) in [6.45, 7) is 12.6. The average molecular weight is 1050 g/mol. The molecule has 18 heteroatoms. The van der Waals surface area contributed by atoms with E-state index in [0.29, 0.717) is 34.5 Å². The minimum atomic E-state index is -1.60. The molecule has 1 saturated carbocycles. The standard InChI is InChI=1S/C48H84O12S6/c1-7-13-19-25-61-31-37(49)55-43-44(56-38(50)32-62-26-20-14-8-2)46(58-40(52)34-64-28-22-16-10-4)48(60-42(54)36-66-30-24-18-12-6)47(59-41(53)35-65-29-23-17-11-5)45(43)57-39(51)33-63-27-21-15-9-3/h43-48H,7-36H2,1-6H3. The van der Waals surface area contributed by atoms with Crippen LogP contribution in [0.4, 0.5) is 0 Å². The summed E-state index contributed by atoms with van der Waals surface area (Å²) in [5, 5.41) is 0. The molecule has 0 aromatic carbocycles.